The molecule has 3 heterocycles. The van der Waals surface area contributed by atoms with Gasteiger partial charge in [-0.25, -0.2) is 0 Å². The van der Waals surface area contributed by atoms with Crippen LogP contribution in [0.2, 0.25) is 0 Å². The minimum Gasteiger partial charge on any atom is -0.375 e. The van der Waals surface area contributed by atoms with Crippen molar-refractivity contribution in [1.29, 1.82) is 5.26 Å². The zero-order valence-electron chi connectivity index (χ0n) is 18.2. The van der Waals surface area contributed by atoms with Crippen LogP contribution in [0.5, 0.6) is 0 Å². The van der Waals surface area contributed by atoms with Gasteiger partial charge >= 0.3 is 6.18 Å². The third kappa shape index (κ3) is 3.50. The summed E-state index contributed by atoms with van der Waals surface area (Å²) >= 11 is 0. The summed E-state index contributed by atoms with van der Waals surface area (Å²) in [4.78, 5) is 20.7. The van der Waals surface area contributed by atoms with Crippen LogP contribution in [0.3, 0.4) is 0 Å². The zero-order chi connectivity index (χ0) is 23.4. The van der Waals surface area contributed by atoms with Crippen LogP contribution in [0.25, 0.3) is 10.9 Å². The molecule has 3 aliphatic rings. The summed E-state index contributed by atoms with van der Waals surface area (Å²) in [5, 5.41) is 12.7. The number of piperidine rings is 1. The van der Waals surface area contributed by atoms with Gasteiger partial charge in [0.15, 0.2) is 0 Å². The molecule has 1 aromatic carbocycles. The summed E-state index contributed by atoms with van der Waals surface area (Å²) < 4.78 is 48.4. The molecule has 10 heteroatoms. The van der Waals surface area contributed by atoms with Crippen molar-refractivity contribution in [1.82, 2.24) is 15.2 Å². The summed E-state index contributed by atoms with van der Waals surface area (Å²) in [5.41, 5.74) is -1.97. The summed E-state index contributed by atoms with van der Waals surface area (Å²) in [7, 11) is 1.92. The van der Waals surface area contributed by atoms with Crippen molar-refractivity contribution >= 4 is 22.5 Å². The molecule has 174 valence electrons. The number of hydrogen-bond acceptors (Lipinski definition) is 6. The molecule has 1 N–H and O–H groups in total. The Morgan fingerprint density at radius 3 is 2.91 bits per heavy atom. The number of hydrogen-bond donors (Lipinski definition) is 1. The first-order valence-corrected chi connectivity index (χ1v) is 10.9. The van der Waals surface area contributed by atoms with Crippen LogP contribution in [0.4, 0.5) is 18.9 Å². The number of rotatable bonds is 4. The Kier molecular flexibility index (Phi) is 5.03. The molecule has 0 spiro atoms. The van der Waals surface area contributed by atoms with E-state index in [4.69, 9.17) is 4.74 Å². The van der Waals surface area contributed by atoms with Gasteiger partial charge in [-0.1, -0.05) is 0 Å². The highest BCUT2D eigenvalue weighted by molar-refractivity contribution is 5.95. The van der Waals surface area contributed by atoms with E-state index in [1.165, 1.54) is 0 Å². The van der Waals surface area contributed by atoms with Crippen molar-refractivity contribution in [3.8, 4) is 6.07 Å². The van der Waals surface area contributed by atoms with Crippen LogP contribution in [-0.2, 0) is 9.53 Å². The monoisotopic (exact) mass is 459 g/mol. The van der Waals surface area contributed by atoms with Gasteiger partial charge in [-0.05, 0) is 37.7 Å². The number of anilines is 1. The predicted molar refractivity (Wildman–Crippen MR) is 115 cm³/mol. The van der Waals surface area contributed by atoms with Crippen molar-refractivity contribution in [2.75, 3.05) is 44.7 Å². The minimum absolute atomic E-state index is 0.0315. The summed E-state index contributed by atoms with van der Waals surface area (Å²) in [6.45, 7) is 1.62. The second-order valence-corrected chi connectivity index (χ2v) is 9.35. The van der Waals surface area contributed by atoms with E-state index >= 15 is 0 Å². The Morgan fingerprint density at radius 2 is 2.18 bits per heavy atom. The number of nitrogens with zero attached hydrogens (tertiary/aromatic N) is 4. The third-order valence-corrected chi connectivity index (χ3v) is 7.20. The number of alkyl halides is 3. The first kappa shape index (κ1) is 21.9. The number of benzene rings is 1. The lowest BCUT2D eigenvalue weighted by molar-refractivity contribution is -0.187. The maximum absolute atomic E-state index is 14.2. The maximum atomic E-state index is 14.2. The number of nitriles is 1. The van der Waals surface area contributed by atoms with E-state index in [0.717, 1.165) is 6.54 Å². The lowest BCUT2D eigenvalue weighted by Crippen LogP contribution is -2.48. The first-order valence-electron chi connectivity index (χ1n) is 10.9. The molecule has 2 saturated heterocycles. The van der Waals surface area contributed by atoms with E-state index in [9.17, 15) is 23.2 Å². The molecule has 1 saturated carbocycles. The largest absolute Gasteiger partial charge is 0.398 e. The van der Waals surface area contributed by atoms with E-state index in [-0.39, 0.29) is 32.0 Å². The number of carbonyl (C=O) groups excluding carboxylic acids is 1. The van der Waals surface area contributed by atoms with Crippen molar-refractivity contribution in [2.45, 2.75) is 30.7 Å². The van der Waals surface area contributed by atoms with E-state index in [1.807, 2.05) is 11.9 Å². The molecule has 7 nitrogen and oxygen atoms in total. The van der Waals surface area contributed by atoms with Gasteiger partial charge in [0, 0.05) is 43.4 Å². The Labute approximate surface area is 189 Å². The van der Waals surface area contributed by atoms with E-state index in [0.29, 0.717) is 35.3 Å². The van der Waals surface area contributed by atoms with Crippen LogP contribution < -0.4 is 10.2 Å². The zero-order valence-corrected chi connectivity index (χ0v) is 18.2. The van der Waals surface area contributed by atoms with Crippen molar-refractivity contribution < 1.29 is 22.7 Å². The van der Waals surface area contributed by atoms with E-state index in [1.54, 1.807) is 35.4 Å². The van der Waals surface area contributed by atoms with Crippen molar-refractivity contribution in [2.24, 2.45) is 5.41 Å². The molecule has 3 fully saturated rings. The predicted octanol–water partition coefficient (Wildman–Crippen LogP) is 2.45. The first-order chi connectivity index (χ1) is 15.7. The normalized spacial score (nSPS) is 29.5. The SMILES string of the molecule is CN1CCOC(CC(=O)NC23CN(c4ccc(C#N)c5ncccc45)CC2(C(F)(F)F)C3)C1. The number of morpholine rings is 1. The second kappa shape index (κ2) is 7.57. The molecule has 2 aliphatic heterocycles. The van der Waals surface area contributed by atoms with Crippen molar-refractivity contribution in [3.63, 3.8) is 0 Å². The fraction of sp³-hybridized carbons (Fsp3) is 0.522. The lowest BCUT2D eigenvalue weighted by atomic mass is 10.0. The third-order valence-electron chi connectivity index (χ3n) is 7.20. The Hall–Kier alpha value is -2.90. The molecule has 0 bridgehead atoms. The number of likely N-dealkylation sites (N-methyl/N-ethyl adjacent to an activating group) is 1. The number of carbonyl (C=O) groups is 1. The quantitative estimate of drug-likeness (QED) is 0.757. The molecule has 5 rings (SSSR count). The molecule has 0 radical (unpaired) electrons. The maximum Gasteiger partial charge on any atom is 0.398 e. The molecule has 2 aromatic rings. The van der Waals surface area contributed by atoms with E-state index < -0.39 is 23.0 Å². The molecule has 33 heavy (non-hydrogen) atoms. The van der Waals surface area contributed by atoms with Crippen LogP contribution in [0.1, 0.15) is 18.4 Å². The minimum atomic E-state index is -4.46. The number of ether oxygens (including phenoxy) is 1. The van der Waals surface area contributed by atoms with Crippen LogP contribution in [0, 0.1) is 16.7 Å². The number of halogens is 3. The number of aromatic nitrogens is 1. The van der Waals surface area contributed by atoms with Gasteiger partial charge in [-0.3, -0.25) is 9.78 Å². The van der Waals surface area contributed by atoms with Crippen molar-refractivity contribution in [3.05, 3.63) is 36.0 Å². The van der Waals surface area contributed by atoms with Gasteiger partial charge < -0.3 is 19.9 Å². The van der Waals surface area contributed by atoms with Gasteiger partial charge in [-0.15, -0.1) is 0 Å². The van der Waals surface area contributed by atoms with Crippen LogP contribution in [-0.4, -0.2) is 73.4 Å². The van der Waals surface area contributed by atoms with Gasteiger partial charge in [0.1, 0.15) is 11.5 Å². The molecule has 1 aliphatic carbocycles. The van der Waals surface area contributed by atoms with Gasteiger partial charge in [-0.2, -0.15) is 18.4 Å². The smallest absolute Gasteiger partial charge is 0.375 e. The van der Waals surface area contributed by atoms with Gasteiger partial charge in [0.2, 0.25) is 5.91 Å². The number of pyridine rings is 1. The van der Waals surface area contributed by atoms with Crippen LogP contribution in [0.15, 0.2) is 30.5 Å². The standard InChI is InChI=1S/C23H24F3N5O2/c1-30-7-8-33-16(11-30)9-19(32)29-22-12-21(22,23(24,25)26)13-31(14-22)18-5-4-15(10-27)20-17(18)3-2-6-28-20/h2-6,16H,7-9,11-14H2,1H3,(H,29,32). The Balaban J connectivity index is 1.41. The molecule has 1 amide bonds. The average molecular weight is 459 g/mol. The topological polar surface area (TPSA) is 81.5 Å². The summed E-state index contributed by atoms with van der Waals surface area (Å²) in [6.07, 6.45) is -3.34. The highest BCUT2D eigenvalue weighted by Crippen LogP contribution is 2.69. The Morgan fingerprint density at radius 1 is 1.36 bits per heavy atom. The fourth-order valence-electron chi connectivity index (χ4n) is 5.47. The fourth-order valence-corrected chi connectivity index (χ4v) is 5.47. The molecule has 3 unspecified atom stereocenters. The number of amides is 1. The lowest BCUT2D eigenvalue weighted by Gasteiger charge is -2.30. The highest BCUT2D eigenvalue weighted by atomic mass is 19.4. The molecular weight excluding hydrogens is 435 g/mol. The highest BCUT2D eigenvalue weighted by Gasteiger charge is 2.84. The van der Waals surface area contributed by atoms with Gasteiger partial charge in [0.05, 0.1) is 35.8 Å². The average Bonchev–Trinajstić information content (AvgIpc) is 3.27. The number of fused-ring (bicyclic) bond motifs is 2. The van der Waals surface area contributed by atoms with Gasteiger partial charge in [0.25, 0.3) is 0 Å². The second-order valence-electron chi connectivity index (χ2n) is 9.35. The number of nitrogens with one attached hydrogen (secondary N) is 1. The van der Waals surface area contributed by atoms with E-state index in [2.05, 4.69) is 16.4 Å². The Bertz CT molecular complexity index is 1150. The molecule has 1 aromatic heterocycles. The molecule has 3 atom stereocenters. The molecular formula is C23H24F3N5O2. The summed E-state index contributed by atoms with van der Waals surface area (Å²) in [5.74, 6) is -0.422. The van der Waals surface area contributed by atoms with Crippen LogP contribution >= 0.6 is 0 Å². The summed E-state index contributed by atoms with van der Waals surface area (Å²) in [6, 6.07) is 8.78.